The number of aromatic hydroxyl groups is 1. The highest BCUT2D eigenvalue weighted by molar-refractivity contribution is 6.03. The van der Waals surface area contributed by atoms with E-state index in [-0.39, 0.29) is 76.6 Å². The van der Waals surface area contributed by atoms with Crippen LogP contribution in [0.3, 0.4) is 0 Å². The standard InChI is InChI=1S/C34H31F4N5O3/c1-3-22-25(35)7-6-19-12-21(44)13-23(26(19)22)28-27(36)29-24(15-39-28)31(42-10-4-8-33(2,45)17-42)41-32(40-29)46-18-34-9-5-11-43(34)16-20(14-34)30(37)38/h1,6-7,12-13,15,44-45H,4-5,8-11,14,16-18H2,2H3/t33-,34+/m1/s1. The molecule has 0 unspecified atom stereocenters. The van der Waals surface area contributed by atoms with Crippen molar-refractivity contribution in [2.45, 2.75) is 50.2 Å². The second kappa shape index (κ2) is 11.1. The van der Waals surface area contributed by atoms with E-state index in [1.807, 2.05) is 9.80 Å². The molecule has 2 aromatic carbocycles. The van der Waals surface area contributed by atoms with Crippen LogP contribution >= 0.6 is 0 Å². The van der Waals surface area contributed by atoms with Gasteiger partial charge in [-0.15, -0.1) is 6.42 Å². The highest BCUT2D eigenvalue weighted by atomic mass is 19.3. The fourth-order valence-corrected chi connectivity index (χ4v) is 7.33. The Labute approximate surface area is 262 Å². The number of hydrogen-bond acceptors (Lipinski definition) is 8. The molecule has 0 saturated carbocycles. The van der Waals surface area contributed by atoms with Crippen LogP contribution in [0.5, 0.6) is 11.8 Å². The molecule has 12 heteroatoms. The first kappa shape index (κ1) is 30.2. The van der Waals surface area contributed by atoms with Gasteiger partial charge in [-0.2, -0.15) is 18.7 Å². The van der Waals surface area contributed by atoms with Gasteiger partial charge in [0.15, 0.2) is 5.82 Å². The van der Waals surface area contributed by atoms with Crippen molar-refractivity contribution in [2.75, 3.05) is 37.7 Å². The van der Waals surface area contributed by atoms with Gasteiger partial charge in [-0.3, -0.25) is 9.88 Å². The zero-order valence-electron chi connectivity index (χ0n) is 25.1. The third kappa shape index (κ3) is 5.08. The second-order valence-electron chi connectivity index (χ2n) is 12.8. The van der Waals surface area contributed by atoms with E-state index >= 15 is 4.39 Å². The Morgan fingerprint density at radius 3 is 2.70 bits per heavy atom. The van der Waals surface area contributed by atoms with E-state index in [1.54, 1.807) is 6.92 Å². The molecule has 5 heterocycles. The van der Waals surface area contributed by atoms with Gasteiger partial charge in [-0.25, -0.2) is 8.78 Å². The number of aliphatic hydroxyl groups is 1. The van der Waals surface area contributed by atoms with E-state index in [9.17, 15) is 23.4 Å². The van der Waals surface area contributed by atoms with Gasteiger partial charge in [-0.05, 0) is 69.2 Å². The quantitative estimate of drug-likeness (QED) is 0.207. The molecule has 238 valence electrons. The molecule has 7 rings (SSSR count). The fourth-order valence-electron chi connectivity index (χ4n) is 7.33. The molecule has 0 radical (unpaired) electrons. The summed E-state index contributed by atoms with van der Waals surface area (Å²) in [7, 11) is 0. The molecule has 3 fully saturated rings. The Kier molecular flexibility index (Phi) is 7.29. The summed E-state index contributed by atoms with van der Waals surface area (Å²) in [6.45, 7) is 3.30. The van der Waals surface area contributed by atoms with Crippen LogP contribution in [0, 0.1) is 24.0 Å². The number of aromatic nitrogens is 3. The Hall–Kier alpha value is -4.47. The van der Waals surface area contributed by atoms with Gasteiger partial charge in [0.05, 0.1) is 22.1 Å². The Morgan fingerprint density at radius 1 is 1.13 bits per heavy atom. The Balaban J connectivity index is 1.38. The van der Waals surface area contributed by atoms with Gasteiger partial charge in [0.1, 0.15) is 35.2 Å². The van der Waals surface area contributed by atoms with Crippen LogP contribution in [0.2, 0.25) is 0 Å². The lowest BCUT2D eigenvalue weighted by atomic mass is 9.94. The molecule has 8 nitrogen and oxygen atoms in total. The molecule has 3 saturated heterocycles. The van der Waals surface area contributed by atoms with Crippen LogP contribution in [0.4, 0.5) is 23.4 Å². The first-order valence-electron chi connectivity index (χ1n) is 15.2. The fraction of sp³-hybridized carbons (Fsp3) is 0.382. The van der Waals surface area contributed by atoms with Crippen molar-refractivity contribution in [1.29, 1.82) is 0 Å². The van der Waals surface area contributed by atoms with Crippen LogP contribution < -0.4 is 9.64 Å². The minimum absolute atomic E-state index is 0.0218. The molecular formula is C34H31F4N5O3. The minimum atomic E-state index is -1.68. The summed E-state index contributed by atoms with van der Waals surface area (Å²) < 4.78 is 64.8. The minimum Gasteiger partial charge on any atom is -0.508 e. The van der Waals surface area contributed by atoms with Crippen molar-refractivity contribution in [1.82, 2.24) is 19.9 Å². The molecule has 2 aromatic heterocycles. The monoisotopic (exact) mass is 633 g/mol. The van der Waals surface area contributed by atoms with Crippen molar-refractivity contribution in [3.8, 4) is 35.4 Å². The summed E-state index contributed by atoms with van der Waals surface area (Å²) in [6, 6.07) is 5.13. The highest BCUT2D eigenvalue weighted by Crippen LogP contribution is 2.44. The lowest BCUT2D eigenvalue weighted by molar-refractivity contribution is 0.0447. The van der Waals surface area contributed by atoms with E-state index in [1.165, 1.54) is 30.5 Å². The number of β-amino-alcohol motifs (C(OH)–C–C–N with tert-alkyl or cyclic N) is 1. The number of hydrogen-bond donors (Lipinski definition) is 2. The maximum Gasteiger partial charge on any atom is 0.319 e. The normalized spacial score (nSPS) is 23.2. The van der Waals surface area contributed by atoms with Gasteiger partial charge < -0.3 is 19.8 Å². The predicted octanol–water partition coefficient (Wildman–Crippen LogP) is 5.93. The largest absolute Gasteiger partial charge is 0.508 e. The number of rotatable bonds is 5. The summed E-state index contributed by atoms with van der Waals surface area (Å²) in [4.78, 5) is 17.3. The van der Waals surface area contributed by atoms with E-state index < -0.39 is 28.9 Å². The molecule has 2 atom stereocenters. The lowest BCUT2D eigenvalue weighted by Crippen LogP contribution is -2.46. The number of piperidine rings is 1. The molecular weight excluding hydrogens is 602 g/mol. The first-order chi connectivity index (χ1) is 22.0. The summed E-state index contributed by atoms with van der Waals surface area (Å²) in [6.07, 6.45) is 8.24. The van der Waals surface area contributed by atoms with Crippen LogP contribution in [0.25, 0.3) is 32.9 Å². The Morgan fingerprint density at radius 2 is 1.93 bits per heavy atom. The van der Waals surface area contributed by atoms with Gasteiger partial charge in [0.25, 0.3) is 6.08 Å². The number of nitrogens with zero attached hydrogens (tertiary/aromatic N) is 5. The molecule has 3 aliphatic heterocycles. The number of phenols is 1. The summed E-state index contributed by atoms with van der Waals surface area (Å²) in [5.41, 5.74) is -1.98. The molecule has 0 amide bonds. The smallest absolute Gasteiger partial charge is 0.319 e. The number of halogens is 4. The maximum atomic E-state index is 16.7. The zero-order chi connectivity index (χ0) is 32.4. The van der Waals surface area contributed by atoms with Gasteiger partial charge in [-0.1, -0.05) is 12.0 Å². The summed E-state index contributed by atoms with van der Waals surface area (Å²) in [5.74, 6) is 0.875. The third-order valence-corrected chi connectivity index (χ3v) is 9.47. The van der Waals surface area contributed by atoms with Crippen LogP contribution in [0.1, 0.15) is 44.6 Å². The molecule has 0 spiro atoms. The van der Waals surface area contributed by atoms with E-state index in [2.05, 4.69) is 20.9 Å². The number of fused-ring (bicyclic) bond motifs is 3. The summed E-state index contributed by atoms with van der Waals surface area (Å²) in [5, 5.41) is 22.2. The maximum absolute atomic E-state index is 16.7. The molecule has 4 aromatic rings. The molecule has 3 aliphatic rings. The van der Waals surface area contributed by atoms with Crippen LogP contribution in [-0.4, -0.2) is 74.0 Å². The predicted molar refractivity (Wildman–Crippen MR) is 165 cm³/mol. The molecule has 0 bridgehead atoms. The van der Waals surface area contributed by atoms with Crippen molar-refractivity contribution in [3.63, 3.8) is 0 Å². The molecule has 2 N–H and O–H groups in total. The summed E-state index contributed by atoms with van der Waals surface area (Å²) >= 11 is 0. The zero-order valence-corrected chi connectivity index (χ0v) is 25.1. The Bertz CT molecular complexity index is 1970. The van der Waals surface area contributed by atoms with Crippen molar-refractivity contribution in [2.24, 2.45) is 0 Å². The average Bonchev–Trinajstić information content (AvgIpc) is 3.57. The van der Waals surface area contributed by atoms with Gasteiger partial charge in [0.2, 0.25) is 0 Å². The third-order valence-electron chi connectivity index (χ3n) is 9.47. The van der Waals surface area contributed by atoms with E-state index in [4.69, 9.17) is 11.2 Å². The molecule has 46 heavy (non-hydrogen) atoms. The lowest BCUT2D eigenvalue weighted by Gasteiger charge is -2.38. The van der Waals surface area contributed by atoms with Crippen molar-refractivity contribution in [3.05, 3.63) is 59.3 Å². The topological polar surface area (TPSA) is 94.8 Å². The number of anilines is 1. The second-order valence-corrected chi connectivity index (χ2v) is 12.8. The van der Waals surface area contributed by atoms with Crippen molar-refractivity contribution >= 4 is 27.5 Å². The first-order valence-corrected chi connectivity index (χ1v) is 15.2. The number of ether oxygens (including phenoxy) is 1. The van der Waals surface area contributed by atoms with E-state index in [0.29, 0.717) is 43.6 Å². The average molecular weight is 634 g/mol. The SMILES string of the molecule is C#Cc1c(F)ccc2cc(O)cc(-c3ncc4c(N5CCC[C@@](C)(O)C5)nc(OC[C@@]56CCCN5CC(=C(F)F)C6)nc4c3F)c12. The number of terminal acetylenes is 1. The number of phenolic OH excluding ortho intramolecular Hbond substituents is 1. The van der Waals surface area contributed by atoms with E-state index in [0.717, 1.165) is 6.42 Å². The van der Waals surface area contributed by atoms with Crippen molar-refractivity contribution < 1.29 is 32.5 Å². The van der Waals surface area contributed by atoms with Crippen LogP contribution in [-0.2, 0) is 0 Å². The molecule has 0 aliphatic carbocycles. The van der Waals surface area contributed by atoms with Gasteiger partial charge in [0, 0.05) is 42.4 Å². The highest BCUT2D eigenvalue weighted by Gasteiger charge is 2.48. The van der Waals surface area contributed by atoms with Crippen LogP contribution in [0.15, 0.2) is 42.1 Å². The number of pyridine rings is 1. The van der Waals surface area contributed by atoms with Gasteiger partial charge >= 0.3 is 6.01 Å². The number of benzene rings is 2.